The molecular weight excluding hydrogens is 419 g/mol. The lowest BCUT2D eigenvalue weighted by molar-refractivity contribution is 0.0938. The summed E-state index contributed by atoms with van der Waals surface area (Å²) in [5.74, 6) is 0.254. The molecule has 0 saturated carbocycles. The fraction of sp³-hybridized carbons (Fsp3) is 0.320. The summed E-state index contributed by atoms with van der Waals surface area (Å²) in [6.07, 6.45) is 1.46. The van der Waals surface area contributed by atoms with Gasteiger partial charge in [-0.1, -0.05) is 6.92 Å². The van der Waals surface area contributed by atoms with E-state index >= 15 is 0 Å². The van der Waals surface area contributed by atoms with Gasteiger partial charge in [0, 0.05) is 62.1 Å². The maximum Gasteiger partial charge on any atom is 0.251 e. The van der Waals surface area contributed by atoms with Crippen LogP contribution < -0.4 is 10.6 Å². The Balaban J connectivity index is 1.28. The molecule has 2 heterocycles. The second-order valence-electron chi connectivity index (χ2n) is 8.03. The number of hydrogen-bond acceptors (Lipinski definition) is 6. The number of halogens is 1. The Bertz CT molecular complexity index is 1050. The van der Waals surface area contributed by atoms with Crippen LogP contribution in [0.25, 0.3) is 11.3 Å². The van der Waals surface area contributed by atoms with Crippen molar-refractivity contribution >= 4 is 17.4 Å². The molecule has 8 heteroatoms. The van der Waals surface area contributed by atoms with Crippen LogP contribution in [0.3, 0.4) is 0 Å². The third-order valence-corrected chi connectivity index (χ3v) is 5.85. The lowest BCUT2D eigenvalue weighted by Crippen LogP contribution is -2.48. The van der Waals surface area contributed by atoms with Gasteiger partial charge in [0.25, 0.3) is 5.91 Å². The smallest absolute Gasteiger partial charge is 0.251 e. The number of nitrogens with one attached hydrogen (secondary N) is 2. The Morgan fingerprint density at radius 2 is 1.67 bits per heavy atom. The fourth-order valence-corrected chi connectivity index (χ4v) is 3.82. The van der Waals surface area contributed by atoms with E-state index in [1.807, 2.05) is 12.1 Å². The summed E-state index contributed by atoms with van der Waals surface area (Å²) >= 11 is 0. The van der Waals surface area contributed by atoms with Gasteiger partial charge in [0.1, 0.15) is 18.0 Å². The maximum atomic E-state index is 13.2. The van der Waals surface area contributed by atoms with Crippen molar-refractivity contribution in [1.82, 2.24) is 25.1 Å². The van der Waals surface area contributed by atoms with Crippen LogP contribution in [0.15, 0.2) is 60.9 Å². The van der Waals surface area contributed by atoms with E-state index in [2.05, 4.69) is 37.3 Å². The SMILES string of the molecule is CCN1CCN(CCNC(=O)c2ccc(Nc3cc(-c4ccc(F)cc4)ncn3)cc2)CC1. The Morgan fingerprint density at radius 3 is 2.36 bits per heavy atom. The molecule has 0 radical (unpaired) electrons. The number of aromatic nitrogens is 2. The summed E-state index contributed by atoms with van der Waals surface area (Å²) < 4.78 is 13.2. The molecule has 172 valence electrons. The molecule has 0 bridgehead atoms. The maximum absolute atomic E-state index is 13.2. The van der Waals surface area contributed by atoms with Gasteiger partial charge in [0.15, 0.2) is 0 Å². The van der Waals surface area contributed by atoms with Gasteiger partial charge in [-0.05, 0) is 55.1 Å². The first-order valence-electron chi connectivity index (χ1n) is 11.3. The molecule has 0 unspecified atom stereocenters. The normalized spacial score (nSPS) is 14.7. The predicted octanol–water partition coefficient (Wildman–Crippen LogP) is 3.39. The molecule has 1 aliphatic rings. The molecule has 0 atom stereocenters. The van der Waals surface area contributed by atoms with Gasteiger partial charge in [0.2, 0.25) is 0 Å². The van der Waals surface area contributed by atoms with Crippen LogP contribution in [-0.2, 0) is 0 Å². The van der Waals surface area contributed by atoms with Gasteiger partial charge in [0.05, 0.1) is 5.69 Å². The van der Waals surface area contributed by atoms with E-state index in [0.29, 0.717) is 23.6 Å². The number of benzene rings is 2. The molecule has 3 aromatic rings. The Kier molecular flexibility index (Phi) is 7.59. The molecule has 1 fully saturated rings. The molecule has 0 spiro atoms. The summed E-state index contributed by atoms with van der Waals surface area (Å²) in [5.41, 5.74) is 2.93. The third kappa shape index (κ3) is 6.34. The van der Waals surface area contributed by atoms with E-state index in [1.165, 1.54) is 18.5 Å². The zero-order valence-electron chi connectivity index (χ0n) is 18.8. The molecule has 1 aromatic heterocycles. The molecule has 2 N–H and O–H groups in total. The third-order valence-electron chi connectivity index (χ3n) is 5.85. The fourth-order valence-electron chi connectivity index (χ4n) is 3.82. The number of amides is 1. The molecule has 1 aliphatic heterocycles. The lowest BCUT2D eigenvalue weighted by Gasteiger charge is -2.33. The minimum absolute atomic E-state index is 0.0747. The first kappa shape index (κ1) is 22.8. The predicted molar refractivity (Wildman–Crippen MR) is 128 cm³/mol. The van der Waals surface area contributed by atoms with Crippen LogP contribution in [0.4, 0.5) is 15.9 Å². The van der Waals surface area contributed by atoms with Gasteiger partial charge in [-0.15, -0.1) is 0 Å². The highest BCUT2D eigenvalue weighted by molar-refractivity contribution is 5.94. The topological polar surface area (TPSA) is 73.4 Å². The molecule has 33 heavy (non-hydrogen) atoms. The van der Waals surface area contributed by atoms with E-state index < -0.39 is 0 Å². The zero-order valence-corrected chi connectivity index (χ0v) is 18.8. The van der Waals surface area contributed by atoms with Crippen LogP contribution in [0.5, 0.6) is 0 Å². The minimum atomic E-state index is -0.287. The van der Waals surface area contributed by atoms with Crippen molar-refractivity contribution in [2.24, 2.45) is 0 Å². The lowest BCUT2D eigenvalue weighted by atomic mass is 10.1. The summed E-state index contributed by atoms with van der Waals surface area (Å²) in [4.78, 5) is 25.8. The van der Waals surface area contributed by atoms with Gasteiger partial charge < -0.3 is 15.5 Å². The second-order valence-corrected chi connectivity index (χ2v) is 8.03. The van der Waals surface area contributed by atoms with Crippen molar-refractivity contribution in [3.8, 4) is 11.3 Å². The number of carbonyl (C=O) groups is 1. The summed E-state index contributed by atoms with van der Waals surface area (Å²) in [7, 11) is 0. The number of hydrogen-bond donors (Lipinski definition) is 2. The highest BCUT2D eigenvalue weighted by Gasteiger charge is 2.15. The van der Waals surface area contributed by atoms with Crippen LogP contribution in [0.2, 0.25) is 0 Å². The van der Waals surface area contributed by atoms with Crippen molar-refractivity contribution in [2.45, 2.75) is 6.92 Å². The first-order valence-corrected chi connectivity index (χ1v) is 11.3. The Labute approximate surface area is 193 Å². The van der Waals surface area contributed by atoms with Crippen LogP contribution in [0, 0.1) is 5.82 Å². The van der Waals surface area contributed by atoms with Gasteiger partial charge in [-0.3, -0.25) is 9.69 Å². The number of piperazine rings is 1. The molecule has 1 amide bonds. The summed E-state index contributed by atoms with van der Waals surface area (Å²) in [5, 5.41) is 6.23. The van der Waals surface area contributed by atoms with Crippen LogP contribution in [-0.4, -0.2) is 71.5 Å². The quantitative estimate of drug-likeness (QED) is 0.550. The average molecular weight is 449 g/mol. The standard InChI is InChI=1S/C25H29FN6O/c1-2-31-13-15-32(16-14-31)12-11-27-25(33)20-5-9-22(10-6-20)30-24-17-23(28-18-29-24)19-3-7-21(26)8-4-19/h3-10,17-18H,2,11-16H2,1H3,(H,27,33)(H,28,29,30). The number of carbonyl (C=O) groups excluding carboxylic acids is 1. The van der Waals surface area contributed by atoms with Crippen molar-refractivity contribution < 1.29 is 9.18 Å². The minimum Gasteiger partial charge on any atom is -0.351 e. The van der Waals surface area contributed by atoms with Crippen molar-refractivity contribution in [3.05, 3.63) is 72.3 Å². The number of likely N-dealkylation sites (N-methyl/N-ethyl adjacent to an activating group) is 1. The second kappa shape index (κ2) is 11.0. The van der Waals surface area contributed by atoms with E-state index in [4.69, 9.17) is 0 Å². The van der Waals surface area contributed by atoms with Crippen molar-refractivity contribution in [1.29, 1.82) is 0 Å². The first-order chi connectivity index (χ1) is 16.1. The highest BCUT2D eigenvalue weighted by Crippen LogP contribution is 2.21. The molecule has 4 rings (SSSR count). The van der Waals surface area contributed by atoms with Gasteiger partial charge in [-0.2, -0.15) is 0 Å². The van der Waals surface area contributed by atoms with E-state index in [9.17, 15) is 9.18 Å². The van der Waals surface area contributed by atoms with Gasteiger partial charge in [-0.25, -0.2) is 14.4 Å². The van der Waals surface area contributed by atoms with E-state index in [-0.39, 0.29) is 11.7 Å². The summed E-state index contributed by atoms with van der Waals surface area (Å²) in [6.45, 7) is 9.09. The average Bonchev–Trinajstić information content (AvgIpc) is 2.85. The van der Waals surface area contributed by atoms with Crippen molar-refractivity contribution in [2.75, 3.05) is 51.1 Å². The largest absolute Gasteiger partial charge is 0.351 e. The van der Waals surface area contributed by atoms with E-state index in [1.54, 1.807) is 30.3 Å². The zero-order chi connectivity index (χ0) is 23.0. The molecule has 1 saturated heterocycles. The number of nitrogens with zero attached hydrogens (tertiary/aromatic N) is 4. The molecular formula is C25H29FN6O. The van der Waals surface area contributed by atoms with Crippen LogP contribution in [0.1, 0.15) is 17.3 Å². The monoisotopic (exact) mass is 448 g/mol. The van der Waals surface area contributed by atoms with E-state index in [0.717, 1.165) is 50.5 Å². The summed E-state index contributed by atoms with van der Waals surface area (Å²) in [6, 6.07) is 15.2. The van der Waals surface area contributed by atoms with Crippen molar-refractivity contribution in [3.63, 3.8) is 0 Å². The van der Waals surface area contributed by atoms with Crippen LogP contribution >= 0.6 is 0 Å². The Morgan fingerprint density at radius 1 is 0.970 bits per heavy atom. The number of anilines is 2. The van der Waals surface area contributed by atoms with Gasteiger partial charge >= 0.3 is 0 Å². The Hall–Kier alpha value is -3.36. The number of rotatable bonds is 8. The molecule has 7 nitrogen and oxygen atoms in total. The molecule has 0 aliphatic carbocycles. The molecule has 2 aromatic carbocycles. The highest BCUT2D eigenvalue weighted by atomic mass is 19.1.